The van der Waals surface area contributed by atoms with Crippen molar-refractivity contribution in [3.8, 4) is 0 Å². The number of rotatable bonds is 3. The molecular formula is C12H13BrNO3S-. The summed E-state index contributed by atoms with van der Waals surface area (Å²) < 4.78 is 22.8. The highest BCUT2D eigenvalue weighted by Gasteiger charge is 2.25. The fraction of sp³-hybridized carbons (Fsp3) is 0.417. The quantitative estimate of drug-likeness (QED) is 0.800. The van der Waals surface area contributed by atoms with E-state index in [1.807, 2.05) is 26.0 Å². The largest absolute Gasteiger partial charge is 0.772 e. The van der Waals surface area contributed by atoms with E-state index in [9.17, 15) is 8.76 Å². The minimum absolute atomic E-state index is 0.00234. The molecule has 0 fully saturated rings. The number of halogens is 1. The fourth-order valence-corrected chi connectivity index (χ4v) is 2.96. The zero-order valence-electron chi connectivity index (χ0n) is 10.1. The standard InChI is InChI=1S/C12H14BrNO3S/c1-7-5-11(17-14-7)12-8(2)10(13)4-3-9(12)6-18(15)16/h3-4,11H,5-6H2,1-2H3,(H,15,16)/p-1. The summed E-state index contributed by atoms with van der Waals surface area (Å²) >= 11 is 1.35. The molecular weight excluding hydrogens is 318 g/mol. The first-order valence-electron chi connectivity index (χ1n) is 5.52. The van der Waals surface area contributed by atoms with E-state index in [-0.39, 0.29) is 11.9 Å². The van der Waals surface area contributed by atoms with Crippen LogP contribution in [0.2, 0.25) is 0 Å². The van der Waals surface area contributed by atoms with Gasteiger partial charge in [0.15, 0.2) is 6.10 Å². The number of oxime groups is 1. The van der Waals surface area contributed by atoms with Crippen LogP contribution in [-0.4, -0.2) is 14.5 Å². The Bertz CT molecular complexity index is 530. The van der Waals surface area contributed by atoms with E-state index >= 15 is 0 Å². The predicted molar refractivity (Wildman–Crippen MR) is 73.1 cm³/mol. The first-order valence-corrected chi connectivity index (χ1v) is 7.55. The van der Waals surface area contributed by atoms with Gasteiger partial charge in [-0.15, -0.1) is 0 Å². The normalized spacial score (nSPS) is 20.4. The third-order valence-electron chi connectivity index (χ3n) is 2.95. The second-order valence-corrected chi connectivity index (χ2v) is 6.07. The highest BCUT2D eigenvalue weighted by molar-refractivity contribution is 9.10. The summed E-state index contributed by atoms with van der Waals surface area (Å²) in [5, 5.41) is 3.93. The predicted octanol–water partition coefficient (Wildman–Crippen LogP) is 2.97. The SMILES string of the molecule is CC1=NOC(c2c(CS(=O)[O-])ccc(Br)c2C)C1. The summed E-state index contributed by atoms with van der Waals surface area (Å²) in [4.78, 5) is 5.38. The van der Waals surface area contributed by atoms with Gasteiger partial charge in [0, 0.05) is 22.2 Å². The molecule has 18 heavy (non-hydrogen) atoms. The van der Waals surface area contributed by atoms with Crippen LogP contribution in [0.25, 0.3) is 0 Å². The molecule has 0 amide bonds. The molecule has 2 unspecified atom stereocenters. The van der Waals surface area contributed by atoms with Crippen LogP contribution in [0, 0.1) is 6.92 Å². The van der Waals surface area contributed by atoms with Crippen molar-refractivity contribution >= 4 is 32.7 Å². The van der Waals surface area contributed by atoms with Gasteiger partial charge < -0.3 is 9.39 Å². The molecule has 0 bridgehead atoms. The van der Waals surface area contributed by atoms with Crippen molar-refractivity contribution in [2.75, 3.05) is 0 Å². The molecule has 1 aromatic rings. The lowest BCUT2D eigenvalue weighted by Crippen LogP contribution is -2.08. The molecule has 0 aromatic heterocycles. The Labute approximate surface area is 117 Å². The smallest absolute Gasteiger partial charge is 0.158 e. The van der Waals surface area contributed by atoms with E-state index < -0.39 is 11.1 Å². The minimum Gasteiger partial charge on any atom is -0.772 e. The summed E-state index contributed by atoms with van der Waals surface area (Å²) in [7, 11) is 0. The van der Waals surface area contributed by atoms with Crippen LogP contribution in [0.5, 0.6) is 0 Å². The molecule has 2 atom stereocenters. The van der Waals surface area contributed by atoms with Crippen molar-refractivity contribution in [2.24, 2.45) is 5.16 Å². The topological polar surface area (TPSA) is 61.7 Å². The summed E-state index contributed by atoms with van der Waals surface area (Å²) in [5.41, 5.74) is 3.63. The molecule has 0 saturated carbocycles. The van der Waals surface area contributed by atoms with E-state index in [1.54, 1.807) is 0 Å². The second-order valence-electron chi connectivity index (χ2n) is 4.32. The summed E-state index contributed by atoms with van der Waals surface area (Å²) in [5.74, 6) is 0.00234. The molecule has 1 aliphatic heterocycles. The molecule has 1 heterocycles. The molecule has 98 valence electrons. The van der Waals surface area contributed by atoms with Crippen molar-refractivity contribution in [3.05, 3.63) is 33.3 Å². The van der Waals surface area contributed by atoms with Crippen LogP contribution < -0.4 is 0 Å². The van der Waals surface area contributed by atoms with E-state index in [1.165, 1.54) is 0 Å². The van der Waals surface area contributed by atoms with Gasteiger partial charge in [-0.2, -0.15) is 0 Å². The lowest BCUT2D eigenvalue weighted by molar-refractivity contribution is 0.0847. The van der Waals surface area contributed by atoms with E-state index in [2.05, 4.69) is 21.1 Å². The number of hydrogen-bond donors (Lipinski definition) is 0. The van der Waals surface area contributed by atoms with E-state index in [4.69, 9.17) is 4.84 Å². The summed E-state index contributed by atoms with van der Waals surface area (Å²) in [6.45, 7) is 3.85. The monoisotopic (exact) mass is 330 g/mol. The van der Waals surface area contributed by atoms with Gasteiger partial charge in [-0.05, 0) is 31.0 Å². The average molecular weight is 331 g/mol. The van der Waals surface area contributed by atoms with E-state index in [0.717, 1.165) is 26.9 Å². The molecule has 0 saturated heterocycles. The zero-order valence-corrected chi connectivity index (χ0v) is 12.5. The molecule has 0 N–H and O–H groups in total. The maximum absolute atomic E-state index is 10.9. The third kappa shape index (κ3) is 2.81. The van der Waals surface area contributed by atoms with Crippen LogP contribution in [0.1, 0.15) is 36.1 Å². The average Bonchev–Trinajstić information content (AvgIpc) is 2.70. The van der Waals surface area contributed by atoms with Crippen LogP contribution >= 0.6 is 15.9 Å². The van der Waals surface area contributed by atoms with Crippen molar-refractivity contribution in [1.82, 2.24) is 0 Å². The zero-order chi connectivity index (χ0) is 13.3. The molecule has 0 spiro atoms. The number of hydrogen-bond acceptors (Lipinski definition) is 4. The highest BCUT2D eigenvalue weighted by atomic mass is 79.9. The molecule has 1 aliphatic rings. The highest BCUT2D eigenvalue weighted by Crippen LogP contribution is 2.35. The summed E-state index contributed by atoms with van der Waals surface area (Å²) in [6, 6.07) is 3.68. The van der Waals surface area contributed by atoms with Gasteiger partial charge in [-0.25, -0.2) is 0 Å². The van der Waals surface area contributed by atoms with Crippen LogP contribution in [-0.2, 0) is 21.7 Å². The number of nitrogens with zero attached hydrogens (tertiary/aromatic N) is 1. The Morgan fingerprint density at radius 1 is 1.56 bits per heavy atom. The fourth-order valence-electron chi connectivity index (χ4n) is 2.11. The maximum atomic E-state index is 10.9. The van der Waals surface area contributed by atoms with Crippen LogP contribution in [0.15, 0.2) is 21.8 Å². The Hall–Kier alpha value is -0.720. The molecule has 2 rings (SSSR count). The third-order valence-corrected chi connectivity index (χ3v) is 4.36. The Kier molecular flexibility index (Phi) is 4.19. The van der Waals surface area contributed by atoms with Crippen molar-refractivity contribution in [1.29, 1.82) is 0 Å². The Morgan fingerprint density at radius 3 is 2.83 bits per heavy atom. The van der Waals surface area contributed by atoms with Gasteiger partial charge in [0.25, 0.3) is 0 Å². The molecule has 0 radical (unpaired) electrons. The first kappa shape index (κ1) is 13.7. The number of benzene rings is 1. The van der Waals surface area contributed by atoms with Gasteiger partial charge in [0.05, 0.1) is 5.71 Å². The molecule has 1 aromatic carbocycles. The lowest BCUT2D eigenvalue weighted by Gasteiger charge is -2.19. The van der Waals surface area contributed by atoms with Crippen LogP contribution in [0.4, 0.5) is 0 Å². The van der Waals surface area contributed by atoms with Crippen molar-refractivity contribution in [3.63, 3.8) is 0 Å². The first-order chi connectivity index (χ1) is 8.49. The molecule has 4 nitrogen and oxygen atoms in total. The van der Waals surface area contributed by atoms with E-state index in [0.29, 0.717) is 6.42 Å². The van der Waals surface area contributed by atoms with Crippen LogP contribution in [0.3, 0.4) is 0 Å². The maximum Gasteiger partial charge on any atom is 0.158 e. The molecule has 6 heteroatoms. The van der Waals surface area contributed by atoms with Gasteiger partial charge in [0.1, 0.15) is 0 Å². The second kappa shape index (κ2) is 5.50. The Balaban J connectivity index is 2.42. The van der Waals surface area contributed by atoms with Crippen molar-refractivity contribution in [2.45, 2.75) is 32.1 Å². The van der Waals surface area contributed by atoms with Gasteiger partial charge in [-0.3, -0.25) is 4.21 Å². The van der Waals surface area contributed by atoms with Gasteiger partial charge in [0.2, 0.25) is 0 Å². The lowest BCUT2D eigenvalue weighted by atomic mass is 9.95. The molecule has 0 aliphatic carbocycles. The Morgan fingerprint density at radius 2 is 2.28 bits per heavy atom. The van der Waals surface area contributed by atoms with Gasteiger partial charge in [-0.1, -0.05) is 38.2 Å². The van der Waals surface area contributed by atoms with Gasteiger partial charge >= 0.3 is 0 Å². The summed E-state index contributed by atoms with van der Waals surface area (Å²) in [6.07, 6.45) is 0.525. The minimum atomic E-state index is -2.11. The van der Waals surface area contributed by atoms with Crippen molar-refractivity contribution < 1.29 is 13.6 Å².